The van der Waals surface area contributed by atoms with Crippen LogP contribution in [0.25, 0.3) is 6.08 Å². The van der Waals surface area contributed by atoms with Gasteiger partial charge in [-0.1, -0.05) is 36.4 Å². The van der Waals surface area contributed by atoms with Crippen LogP contribution in [-0.2, 0) is 4.79 Å². The van der Waals surface area contributed by atoms with Crippen molar-refractivity contribution in [2.75, 3.05) is 38.0 Å². The molecule has 3 N–H and O–H groups in total. The van der Waals surface area contributed by atoms with Crippen LogP contribution < -0.4 is 15.1 Å². The second kappa shape index (κ2) is 9.95. The number of quaternary nitrogens is 2. The molecule has 0 unspecified atom stereocenters. The number of benzene rings is 2. The van der Waals surface area contributed by atoms with E-state index in [2.05, 4.69) is 29.6 Å². The number of nitrogens with zero attached hydrogens (tertiary/aromatic N) is 1. The predicted molar refractivity (Wildman–Crippen MR) is 113 cm³/mol. The normalized spacial score (nSPS) is 20.3. The molecule has 1 atom stereocenters. The molecule has 1 aliphatic heterocycles. The van der Waals surface area contributed by atoms with Crippen molar-refractivity contribution in [2.24, 2.45) is 0 Å². The summed E-state index contributed by atoms with van der Waals surface area (Å²) in [5.74, 6) is -0.0544. The third kappa shape index (κ3) is 5.97. The number of rotatable bonds is 7. The van der Waals surface area contributed by atoms with Gasteiger partial charge in [0.15, 0.2) is 6.04 Å². The lowest BCUT2D eigenvalue weighted by Crippen LogP contribution is -3.29. The van der Waals surface area contributed by atoms with Gasteiger partial charge in [-0.2, -0.15) is 0 Å². The number of nitro benzene ring substituents is 1. The fraction of sp³-hybridized carbons (Fsp3) is 0.318. The molecule has 0 spiro atoms. The summed E-state index contributed by atoms with van der Waals surface area (Å²) in [6.07, 6.45) is 4.38. The molecule has 152 valence electrons. The van der Waals surface area contributed by atoms with E-state index in [0.29, 0.717) is 5.69 Å². The lowest BCUT2D eigenvalue weighted by atomic mass is 10.2. The molecule has 3 rings (SSSR count). The van der Waals surface area contributed by atoms with E-state index in [4.69, 9.17) is 0 Å². The predicted octanol–water partition coefficient (Wildman–Crippen LogP) is 0.419. The molecular weight excluding hydrogens is 368 g/mol. The van der Waals surface area contributed by atoms with Crippen LogP contribution in [0.2, 0.25) is 0 Å². The largest absolute Gasteiger partial charge is 0.322 e. The summed E-state index contributed by atoms with van der Waals surface area (Å²) in [5.41, 5.74) is 1.82. The molecule has 1 aliphatic rings. The molecule has 1 fully saturated rings. The van der Waals surface area contributed by atoms with E-state index in [9.17, 15) is 14.9 Å². The monoisotopic (exact) mass is 396 g/mol. The summed E-state index contributed by atoms with van der Waals surface area (Å²) >= 11 is 0. The standard InChI is InChI=1S/C22H26N4O3/c1-18(22(27)23-20-9-11-21(12-10-20)26(28)29)25-16-14-24(15-17-25)13-5-8-19-6-3-2-4-7-19/h2-12,18H,13-17H2,1H3,(H,23,27)/p+2/b8-5+/t18-/m0/s1. The van der Waals surface area contributed by atoms with Gasteiger partial charge in [0.2, 0.25) is 0 Å². The van der Waals surface area contributed by atoms with Crippen molar-refractivity contribution in [3.63, 3.8) is 0 Å². The van der Waals surface area contributed by atoms with Gasteiger partial charge in [0.1, 0.15) is 26.2 Å². The Morgan fingerprint density at radius 3 is 2.38 bits per heavy atom. The van der Waals surface area contributed by atoms with Crippen molar-refractivity contribution >= 4 is 23.4 Å². The van der Waals surface area contributed by atoms with E-state index < -0.39 is 4.92 Å². The second-order valence-corrected chi connectivity index (χ2v) is 7.44. The quantitative estimate of drug-likeness (QED) is 0.469. The molecule has 1 amide bonds. The summed E-state index contributed by atoms with van der Waals surface area (Å²) in [6, 6.07) is 16.1. The number of piperazine rings is 1. The number of hydrogen-bond donors (Lipinski definition) is 3. The Morgan fingerprint density at radius 2 is 1.76 bits per heavy atom. The number of non-ortho nitro benzene ring substituents is 1. The number of nitro groups is 1. The first-order valence-corrected chi connectivity index (χ1v) is 9.98. The Hall–Kier alpha value is -3.03. The zero-order valence-electron chi connectivity index (χ0n) is 16.6. The van der Waals surface area contributed by atoms with Crippen LogP contribution in [0.3, 0.4) is 0 Å². The first-order chi connectivity index (χ1) is 14.0. The Morgan fingerprint density at radius 1 is 1.10 bits per heavy atom. The van der Waals surface area contributed by atoms with Gasteiger partial charge in [-0.15, -0.1) is 0 Å². The van der Waals surface area contributed by atoms with E-state index >= 15 is 0 Å². The zero-order valence-corrected chi connectivity index (χ0v) is 16.6. The molecule has 0 saturated carbocycles. The van der Waals surface area contributed by atoms with Crippen molar-refractivity contribution in [3.8, 4) is 0 Å². The molecule has 0 aromatic heterocycles. The van der Waals surface area contributed by atoms with Gasteiger partial charge < -0.3 is 15.1 Å². The summed E-state index contributed by atoms with van der Waals surface area (Å²) in [4.78, 5) is 25.6. The molecule has 1 saturated heterocycles. The minimum absolute atomic E-state index is 0.0158. The highest BCUT2D eigenvalue weighted by Gasteiger charge is 2.30. The number of nitrogens with one attached hydrogen (secondary N) is 3. The summed E-state index contributed by atoms with van der Waals surface area (Å²) in [7, 11) is 0. The number of anilines is 1. The van der Waals surface area contributed by atoms with Crippen LogP contribution in [0.15, 0.2) is 60.7 Å². The van der Waals surface area contributed by atoms with Gasteiger partial charge >= 0.3 is 0 Å². The Bertz CT molecular complexity index is 844. The average Bonchev–Trinajstić information content (AvgIpc) is 2.75. The molecule has 7 heteroatoms. The molecule has 29 heavy (non-hydrogen) atoms. The number of amides is 1. The van der Waals surface area contributed by atoms with Crippen LogP contribution in [-0.4, -0.2) is 49.6 Å². The van der Waals surface area contributed by atoms with Crippen LogP contribution in [0.5, 0.6) is 0 Å². The van der Waals surface area contributed by atoms with Gasteiger partial charge in [-0.05, 0) is 30.7 Å². The first kappa shape index (κ1) is 20.7. The van der Waals surface area contributed by atoms with Crippen LogP contribution in [0.1, 0.15) is 12.5 Å². The molecule has 0 aliphatic carbocycles. The molecule has 2 aromatic rings. The van der Waals surface area contributed by atoms with Crippen molar-refractivity contribution in [1.82, 2.24) is 0 Å². The molecular formula is C22H28N4O3+2. The molecule has 0 bridgehead atoms. The van der Waals surface area contributed by atoms with E-state index in [1.165, 1.54) is 27.5 Å². The summed E-state index contributed by atoms with van der Waals surface area (Å²) < 4.78 is 0. The van der Waals surface area contributed by atoms with Crippen molar-refractivity contribution in [2.45, 2.75) is 13.0 Å². The van der Waals surface area contributed by atoms with Crippen LogP contribution in [0, 0.1) is 10.1 Å². The third-order valence-corrected chi connectivity index (χ3v) is 5.47. The maximum atomic E-state index is 12.6. The second-order valence-electron chi connectivity index (χ2n) is 7.44. The van der Waals surface area contributed by atoms with Gasteiger partial charge in [-0.25, -0.2) is 0 Å². The highest BCUT2D eigenvalue weighted by molar-refractivity contribution is 5.93. The molecule has 0 radical (unpaired) electrons. The molecule has 1 heterocycles. The average molecular weight is 396 g/mol. The number of carbonyl (C=O) groups excluding carboxylic acids is 1. The van der Waals surface area contributed by atoms with Crippen molar-refractivity contribution < 1.29 is 19.5 Å². The minimum Gasteiger partial charge on any atom is -0.322 e. The van der Waals surface area contributed by atoms with Crippen LogP contribution >= 0.6 is 0 Å². The van der Waals surface area contributed by atoms with Gasteiger partial charge in [0.25, 0.3) is 11.6 Å². The van der Waals surface area contributed by atoms with Crippen LogP contribution in [0.4, 0.5) is 11.4 Å². The fourth-order valence-electron chi connectivity index (χ4n) is 3.59. The lowest BCUT2D eigenvalue weighted by molar-refractivity contribution is -1.02. The maximum absolute atomic E-state index is 12.6. The zero-order chi connectivity index (χ0) is 20.6. The van der Waals surface area contributed by atoms with Crippen molar-refractivity contribution in [1.29, 1.82) is 0 Å². The van der Waals surface area contributed by atoms with Gasteiger partial charge in [0, 0.05) is 17.8 Å². The van der Waals surface area contributed by atoms with Gasteiger partial charge in [-0.3, -0.25) is 14.9 Å². The van der Waals surface area contributed by atoms with E-state index in [0.717, 1.165) is 32.7 Å². The fourth-order valence-corrected chi connectivity index (χ4v) is 3.59. The SMILES string of the molecule is C[C@@H](C(=O)Nc1ccc([N+](=O)[O-])cc1)[NH+]1CC[NH+](C/C=C/c2ccccc2)CC1. The van der Waals surface area contributed by atoms with Gasteiger partial charge in [0.05, 0.1) is 11.5 Å². The van der Waals surface area contributed by atoms with E-state index in [1.54, 1.807) is 12.1 Å². The molecule has 2 aromatic carbocycles. The summed E-state index contributed by atoms with van der Waals surface area (Å²) in [5, 5.41) is 13.6. The number of hydrogen-bond acceptors (Lipinski definition) is 3. The highest BCUT2D eigenvalue weighted by Crippen LogP contribution is 2.15. The Balaban J connectivity index is 1.44. The highest BCUT2D eigenvalue weighted by atomic mass is 16.6. The topological polar surface area (TPSA) is 81.1 Å². The minimum atomic E-state index is -0.449. The Kier molecular flexibility index (Phi) is 7.10. The maximum Gasteiger partial charge on any atom is 0.282 e. The van der Waals surface area contributed by atoms with Crippen molar-refractivity contribution in [3.05, 3.63) is 76.4 Å². The molecule has 7 nitrogen and oxygen atoms in total. The first-order valence-electron chi connectivity index (χ1n) is 9.98. The summed E-state index contributed by atoms with van der Waals surface area (Å²) in [6.45, 7) is 6.89. The Labute approximate surface area is 170 Å². The third-order valence-electron chi connectivity index (χ3n) is 5.47. The lowest BCUT2D eigenvalue weighted by Gasteiger charge is -2.32. The van der Waals surface area contributed by atoms with E-state index in [1.807, 2.05) is 25.1 Å². The smallest absolute Gasteiger partial charge is 0.282 e. The van der Waals surface area contributed by atoms with E-state index in [-0.39, 0.29) is 17.6 Å². The number of carbonyl (C=O) groups is 1.